The predicted octanol–water partition coefficient (Wildman–Crippen LogP) is 6.55. The van der Waals surface area contributed by atoms with E-state index >= 15 is 0 Å². The lowest BCUT2D eigenvalue weighted by Crippen LogP contribution is -1.90. The summed E-state index contributed by atoms with van der Waals surface area (Å²) in [5, 5.41) is 2.84. The Morgan fingerprint density at radius 1 is 0.850 bits per heavy atom. The van der Waals surface area contributed by atoms with Crippen LogP contribution in [0.2, 0.25) is 5.02 Å². The third-order valence-corrected chi connectivity index (χ3v) is 5.90. The van der Waals surface area contributed by atoms with Crippen LogP contribution in [-0.4, -0.2) is 0 Å². The second-order valence-electron chi connectivity index (χ2n) is 4.48. The standard InChI is InChI=1S/C17H12BrClS/c18-16(17-15(19)10-11-20-17)14-8-6-13(7-9-14)12-4-2-1-3-5-12/h1-11,16H. The number of rotatable bonds is 3. The van der Waals surface area contributed by atoms with Crippen molar-refractivity contribution in [3.63, 3.8) is 0 Å². The molecule has 2 aromatic carbocycles. The van der Waals surface area contributed by atoms with Crippen molar-refractivity contribution in [3.8, 4) is 11.1 Å². The topological polar surface area (TPSA) is 0 Å². The predicted molar refractivity (Wildman–Crippen MR) is 92.0 cm³/mol. The maximum Gasteiger partial charge on any atom is 0.0753 e. The lowest BCUT2D eigenvalue weighted by atomic mass is 10.0. The van der Waals surface area contributed by atoms with Crippen LogP contribution in [-0.2, 0) is 0 Å². The van der Waals surface area contributed by atoms with Gasteiger partial charge in [0.05, 0.1) is 9.85 Å². The fourth-order valence-corrected chi connectivity index (χ4v) is 4.29. The quantitative estimate of drug-likeness (QED) is 0.463. The van der Waals surface area contributed by atoms with E-state index in [1.54, 1.807) is 11.3 Å². The van der Waals surface area contributed by atoms with E-state index in [2.05, 4.69) is 64.5 Å². The Balaban J connectivity index is 1.89. The van der Waals surface area contributed by atoms with Gasteiger partial charge < -0.3 is 0 Å². The Hall–Kier alpha value is -1.09. The zero-order chi connectivity index (χ0) is 13.9. The van der Waals surface area contributed by atoms with Crippen LogP contribution in [0.15, 0.2) is 66.0 Å². The molecule has 3 heteroatoms. The number of halogens is 2. The Kier molecular flexibility index (Phi) is 4.25. The molecule has 0 aliphatic heterocycles. The molecule has 1 heterocycles. The highest BCUT2D eigenvalue weighted by Crippen LogP contribution is 2.39. The van der Waals surface area contributed by atoms with Gasteiger partial charge in [0, 0.05) is 4.88 Å². The molecule has 1 atom stereocenters. The van der Waals surface area contributed by atoms with Crippen LogP contribution in [0.1, 0.15) is 15.3 Å². The summed E-state index contributed by atoms with van der Waals surface area (Å²) in [6.07, 6.45) is 0. The molecule has 0 spiro atoms. The van der Waals surface area contributed by atoms with Crippen LogP contribution in [0.3, 0.4) is 0 Å². The van der Waals surface area contributed by atoms with Crippen LogP contribution >= 0.6 is 38.9 Å². The second kappa shape index (κ2) is 6.13. The van der Waals surface area contributed by atoms with Crippen LogP contribution < -0.4 is 0 Å². The molecular weight excluding hydrogens is 352 g/mol. The normalized spacial score (nSPS) is 12.3. The molecule has 3 aromatic rings. The highest BCUT2D eigenvalue weighted by molar-refractivity contribution is 9.09. The first-order chi connectivity index (χ1) is 9.75. The van der Waals surface area contributed by atoms with Crippen LogP contribution in [0.5, 0.6) is 0 Å². The molecule has 0 amide bonds. The number of alkyl halides is 1. The van der Waals surface area contributed by atoms with Gasteiger partial charge in [0.25, 0.3) is 0 Å². The van der Waals surface area contributed by atoms with Crippen molar-refractivity contribution < 1.29 is 0 Å². The third kappa shape index (κ3) is 2.83. The van der Waals surface area contributed by atoms with Gasteiger partial charge in [-0.1, -0.05) is 82.1 Å². The maximum absolute atomic E-state index is 6.19. The van der Waals surface area contributed by atoms with Crippen LogP contribution in [0, 0.1) is 0 Å². The van der Waals surface area contributed by atoms with Gasteiger partial charge in [-0.3, -0.25) is 0 Å². The van der Waals surface area contributed by atoms with E-state index in [9.17, 15) is 0 Å². The van der Waals surface area contributed by atoms with Crippen molar-refractivity contribution in [3.05, 3.63) is 81.5 Å². The summed E-state index contributed by atoms with van der Waals surface area (Å²) in [7, 11) is 0. The Morgan fingerprint density at radius 3 is 2.10 bits per heavy atom. The summed E-state index contributed by atoms with van der Waals surface area (Å²) in [4.78, 5) is 1.30. The molecule has 0 bridgehead atoms. The summed E-state index contributed by atoms with van der Waals surface area (Å²) < 4.78 is 0. The van der Waals surface area contributed by atoms with Crippen molar-refractivity contribution in [2.45, 2.75) is 4.83 Å². The number of hydrogen-bond donors (Lipinski definition) is 0. The van der Waals surface area contributed by atoms with Crippen molar-refractivity contribution >= 4 is 38.9 Å². The Morgan fingerprint density at radius 2 is 1.50 bits per heavy atom. The lowest BCUT2D eigenvalue weighted by molar-refractivity contribution is 1.23. The Labute approximate surface area is 136 Å². The van der Waals surface area contributed by atoms with Crippen molar-refractivity contribution in [2.75, 3.05) is 0 Å². The summed E-state index contributed by atoms with van der Waals surface area (Å²) in [6, 6.07) is 20.9. The first-order valence-electron chi connectivity index (χ1n) is 6.28. The van der Waals surface area contributed by atoms with Gasteiger partial charge >= 0.3 is 0 Å². The van der Waals surface area contributed by atoms with Gasteiger partial charge in [0.15, 0.2) is 0 Å². The molecule has 0 aliphatic carbocycles. The van der Waals surface area contributed by atoms with E-state index in [0.29, 0.717) is 0 Å². The molecule has 1 aromatic heterocycles. The number of thiophene rings is 1. The minimum absolute atomic E-state index is 0.153. The van der Waals surface area contributed by atoms with Crippen molar-refractivity contribution in [2.24, 2.45) is 0 Å². The molecule has 0 aliphatic rings. The van der Waals surface area contributed by atoms with E-state index < -0.39 is 0 Å². The lowest BCUT2D eigenvalue weighted by Gasteiger charge is -2.10. The van der Waals surface area contributed by atoms with Crippen molar-refractivity contribution in [1.82, 2.24) is 0 Å². The largest absolute Gasteiger partial charge is 0.146 e. The molecular formula is C17H12BrClS. The average Bonchev–Trinajstić information content (AvgIpc) is 2.94. The van der Waals surface area contributed by atoms with Gasteiger partial charge in [-0.05, 0) is 28.1 Å². The van der Waals surface area contributed by atoms with Crippen molar-refractivity contribution in [1.29, 1.82) is 0 Å². The smallest absolute Gasteiger partial charge is 0.0753 e. The fraction of sp³-hybridized carbons (Fsp3) is 0.0588. The highest BCUT2D eigenvalue weighted by atomic mass is 79.9. The minimum Gasteiger partial charge on any atom is -0.146 e. The second-order valence-corrected chi connectivity index (χ2v) is 6.75. The molecule has 20 heavy (non-hydrogen) atoms. The van der Waals surface area contributed by atoms with Gasteiger partial charge in [-0.25, -0.2) is 0 Å². The summed E-state index contributed by atoms with van der Waals surface area (Å²) >= 11 is 11.6. The van der Waals surface area contributed by atoms with E-state index in [1.807, 2.05) is 17.5 Å². The van der Waals surface area contributed by atoms with Gasteiger partial charge in [0.1, 0.15) is 0 Å². The summed E-state index contributed by atoms with van der Waals surface area (Å²) in [6.45, 7) is 0. The van der Waals surface area contributed by atoms with E-state index in [4.69, 9.17) is 11.6 Å². The van der Waals surface area contributed by atoms with E-state index in [0.717, 1.165) is 9.90 Å². The molecule has 100 valence electrons. The molecule has 0 fully saturated rings. The molecule has 0 saturated carbocycles. The number of benzene rings is 2. The Bertz CT molecular complexity index is 689. The van der Waals surface area contributed by atoms with Crippen LogP contribution in [0.4, 0.5) is 0 Å². The zero-order valence-corrected chi connectivity index (χ0v) is 13.8. The van der Waals surface area contributed by atoms with E-state index in [1.165, 1.54) is 16.7 Å². The minimum atomic E-state index is 0.153. The molecule has 0 radical (unpaired) electrons. The van der Waals surface area contributed by atoms with Gasteiger partial charge in [-0.2, -0.15) is 0 Å². The molecule has 0 nitrogen and oxygen atoms in total. The first kappa shape index (κ1) is 13.9. The number of hydrogen-bond acceptors (Lipinski definition) is 1. The highest BCUT2D eigenvalue weighted by Gasteiger charge is 2.15. The zero-order valence-electron chi connectivity index (χ0n) is 10.6. The fourth-order valence-electron chi connectivity index (χ4n) is 2.11. The maximum atomic E-state index is 6.19. The molecule has 0 saturated heterocycles. The summed E-state index contributed by atoms with van der Waals surface area (Å²) in [5.41, 5.74) is 3.68. The van der Waals surface area contributed by atoms with Gasteiger partial charge in [-0.15, -0.1) is 11.3 Å². The van der Waals surface area contributed by atoms with E-state index in [-0.39, 0.29) is 4.83 Å². The summed E-state index contributed by atoms with van der Waals surface area (Å²) in [5.74, 6) is 0. The average molecular weight is 364 g/mol. The molecule has 0 N–H and O–H groups in total. The molecule has 1 unspecified atom stereocenters. The van der Waals surface area contributed by atoms with Gasteiger partial charge in [0.2, 0.25) is 0 Å². The van der Waals surface area contributed by atoms with Crippen LogP contribution in [0.25, 0.3) is 11.1 Å². The SMILES string of the molecule is Clc1ccsc1C(Br)c1ccc(-c2ccccc2)cc1. The molecule has 3 rings (SSSR count). The third-order valence-electron chi connectivity index (χ3n) is 3.19. The monoisotopic (exact) mass is 362 g/mol. The first-order valence-corrected chi connectivity index (χ1v) is 8.45.